The quantitative estimate of drug-likeness (QED) is 0.223. The Labute approximate surface area is 202 Å². The van der Waals surface area contributed by atoms with Gasteiger partial charge in [0.1, 0.15) is 5.75 Å². The van der Waals surface area contributed by atoms with Crippen LogP contribution in [0.25, 0.3) is 0 Å². The summed E-state index contributed by atoms with van der Waals surface area (Å²) in [6.45, 7) is 5.92. The lowest BCUT2D eigenvalue weighted by Crippen LogP contribution is -2.50. The predicted octanol–water partition coefficient (Wildman–Crippen LogP) is 1.43. The number of rotatable bonds is 10. The first-order chi connectivity index (χ1) is 14.3. The highest BCUT2D eigenvalue weighted by molar-refractivity contribution is 14.0. The van der Waals surface area contributed by atoms with Gasteiger partial charge in [0.05, 0.1) is 12.3 Å². The number of nitrogens with zero attached hydrogens (tertiary/aromatic N) is 2. The molecule has 1 aliphatic heterocycles. The van der Waals surface area contributed by atoms with Crippen molar-refractivity contribution in [3.8, 4) is 5.75 Å². The number of amides is 1. The summed E-state index contributed by atoms with van der Waals surface area (Å²) in [7, 11) is -3.14. The molecule has 1 fully saturated rings. The van der Waals surface area contributed by atoms with Gasteiger partial charge in [-0.1, -0.05) is 19.1 Å². The van der Waals surface area contributed by atoms with Crippen LogP contribution >= 0.6 is 24.0 Å². The van der Waals surface area contributed by atoms with Gasteiger partial charge in [-0.15, -0.1) is 24.0 Å². The van der Waals surface area contributed by atoms with Gasteiger partial charge in [-0.05, 0) is 43.9 Å². The topological polar surface area (TPSA) is 126 Å². The largest absolute Gasteiger partial charge is 0.484 e. The predicted molar refractivity (Wildman–Crippen MR) is 133 cm³/mol. The Kier molecular flexibility index (Phi) is 12.2. The molecule has 176 valence electrons. The van der Waals surface area contributed by atoms with Gasteiger partial charge in [0.15, 0.2) is 12.6 Å². The molecule has 0 atom stereocenters. The van der Waals surface area contributed by atoms with E-state index in [0.717, 1.165) is 24.9 Å². The minimum atomic E-state index is -3.14. The summed E-state index contributed by atoms with van der Waals surface area (Å²) in [4.78, 5) is 15.5. The molecule has 11 heteroatoms. The van der Waals surface area contributed by atoms with Crippen molar-refractivity contribution in [1.29, 1.82) is 0 Å². The van der Waals surface area contributed by atoms with Crippen LogP contribution in [-0.2, 0) is 21.4 Å². The molecule has 0 radical (unpaired) electrons. The SMILES string of the molecule is CCCS(=O)(=O)N1CCC(NC(=NCc2cccc(OCC(N)=O)c2)NCC)CC1.I. The van der Waals surface area contributed by atoms with E-state index in [1.165, 1.54) is 0 Å². The number of sulfonamides is 1. The molecule has 0 bridgehead atoms. The highest BCUT2D eigenvalue weighted by atomic mass is 127. The first-order valence-corrected chi connectivity index (χ1v) is 12.0. The second-order valence-electron chi connectivity index (χ2n) is 7.23. The van der Waals surface area contributed by atoms with Crippen molar-refractivity contribution in [3.63, 3.8) is 0 Å². The van der Waals surface area contributed by atoms with Crippen LogP contribution in [0.1, 0.15) is 38.7 Å². The number of ether oxygens (including phenoxy) is 1. The molecule has 9 nitrogen and oxygen atoms in total. The zero-order chi connectivity index (χ0) is 22.0. The molecule has 0 aromatic heterocycles. The summed E-state index contributed by atoms with van der Waals surface area (Å²) in [5.41, 5.74) is 6.05. The monoisotopic (exact) mass is 567 g/mol. The summed E-state index contributed by atoms with van der Waals surface area (Å²) in [5, 5.41) is 6.64. The van der Waals surface area contributed by atoms with Crippen molar-refractivity contribution in [2.24, 2.45) is 10.7 Å². The van der Waals surface area contributed by atoms with Gasteiger partial charge in [0.2, 0.25) is 10.0 Å². The molecular formula is C20H34IN5O4S. The maximum absolute atomic E-state index is 12.2. The lowest BCUT2D eigenvalue weighted by atomic mass is 10.1. The van der Waals surface area contributed by atoms with Gasteiger partial charge in [0.25, 0.3) is 5.91 Å². The number of hydrogen-bond donors (Lipinski definition) is 3. The molecule has 4 N–H and O–H groups in total. The number of guanidine groups is 1. The van der Waals surface area contributed by atoms with E-state index in [1.807, 2.05) is 32.0 Å². The van der Waals surface area contributed by atoms with E-state index in [1.54, 1.807) is 10.4 Å². The molecule has 0 spiro atoms. The van der Waals surface area contributed by atoms with Crippen molar-refractivity contribution in [2.75, 3.05) is 32.0 Å². The van der Waals surface area contributed by atoms with Crippen LogP contribution in [-0.4, -0.2) is 62.6 Å². The number of benzene rings is 1. The average molecular weight is 567 g/mol. The molecule has 0 aliphatic carbocycles. The van der Waals surface area contributed by atoms with Crippen LogP contribution in [0.3, 0.4) is 0 Å². The number of nitrogens with two attached hydrogens (primary N) is 1. The Bertz CT molecular complexity index is 827. The van der Waals surface area contributed by atoms with Crippen molar-refractivity contribution >= 4 is 45.9 Å². The van der Waals surface area contributed by atoms with Crippen LogP contribution in [0.4, 0.5) is 0 Å². The fraction of sp³-hybridized carbons (Fsp3) is 0.600. The smallest absolute Gasteiger partial charge is 0.255 e. The number of aliphatic imine (C=N–C) groups is 1. The Morgan fingerprint density at radius 3 is 2.61 bits per heavy atom. The summed E-state index contributed by atoms with van der Waals surface area (Å²) in [6.07, 6.45) is 2.11. The lowest BCUT2D eigenvalue weighted by Gasteiger charge is -2.32. The molecule has 1 saturated heterocycles. The second kappa shape index (κ2) is 13.7. The van der Waals surface area contributed by atoms with Crippen molar-refractivity contribution in [1.82, 2.24) is 14.9 Å². The maximum atomic E-state index is 12.2. The van der Waals surface area contributed by atoms with Crippen LogP contribution in [0.2, 0.25) is 0 Å². The Hall–Kier alpha value is -1.60. The number of piperidine rings is 1. The van der Waals surface area contributed by atoms with E-state index >= 15 is 0 Å². The zero-order valence-corrected chi connectivity index (χ0v) is 21.3. The molecule has 1 amide bonds. The normalized spacial score (nSPS) is 15.7. The van der Waals surface area contributed by atoms with Crippen LogP contribution in [0, 0.1) is 0 Å². The number of hydrogen-bond acceptors (Lipinski definition) is 5. The molecule has 2 rings (SSSR count). The van der Waals surface area contributed by atoms with E-state index < -0.39 is 15.9 Å². The molecule has 0 unspecified atom stereocenters. The molecule has 1 aromatic rings. The van der Waals surface area contributed by atoms with E-state index in [9.17, 15) is 13.2 Å². The standard InChI is InChI=1S/C20H33N5O4S.HI/c1-3-12-30(27,28)25-10-8-17(9-11-25)24-20(22-4-2)23-14-16-6-5-7-18(13-16)29-15-19(21)26;/h5-7,13,17H,3-4,8-12,14-15H2,1-2H3,(H2,21,26)(H2,22,23,24);1H. The average Bonchev–Trinajstić information content (AvgIpc) is 2.71. The second-order valence-corrected chi connectivity index (χ2v) is 9.32. The van der Waals surface area contributed by atoms with E-state index in [-0.39, 0.29) is 42.4 Å². The fourth-order valence-electron chi connectivity index (χ4n) is 3.24. The third kappa shape index (κ3) is 9.60. The van der Waals surface area contributed by atoms with Gasteiger partial charge < -0.3 is 21.1 Å². The minimum Gasteiger partial charge on any atom is -0.484 e. The summed E-state index contributed by atoms with van der Waals surface area (Å²) in [6, 6.07) is 7.53. The third-order valence-electron chi connectivity index (χ3n) is 4.69. The molecule has 1 heterocycles. The number of nitrogens with one attached hydrogen (secondary N) is 2. The van der Waals surface area contributed by atoms with Gasteiger partial charge in [-0.2, -0.15) is 0 Å². The molecule has 1 aromatic carbocycles. The molecule has 0 saturated carbocycles. The minimum absolute atomic E-state index is 0. The number of carbonyl (C=O) groups excluding carboxylic acids is 1. The first-order valence-electron chi connectivity index (χ1n) is 10.4. The zero-order valence-electron chi connectivity index (χ0n) is 18.2. The Balaban J connectivity index is 0.00000480. The molecule has 31 heavy (non-hydrogen) atoms. The molecular weight excluding hydrogens is 533 g/mol. The van der Waals surface area contributed by atoms with Crippen molar-refractivity contribution in [2.45, 2.75) is 45.7 Å². The Morgan fingerprint density at radius 2 is 2.00 bits per heavy atom. The van der Waals surface area contributed by atoms with Crippen LogP contribution < -0.4 is 21.1 Å². The van der Waals surface area contributed by atoms with Gasteiger partial charge in [0, 0.05) is 25.7 Å². The highest BCUT2D eigenvalue weighted by Crippen LogP contribution is 2.16. The van der Waals surface area contributed by atoms with Gasteiger partial charge in [-0.25, -0.2) is 17.7 Å². The highest BCUT2D eigenvalue weighted by Gasteiger charge is 2.27. The van der Waals surface area contributed by atoms with Crippen molar-refractivity contribution in [3.05, 3.63) is 29.8 Å². The van der Waals surface area contributed by atoms with E-state index in [4.69, 9.17) is 10.5 Å². The molecule has 1 aliphatic rings. The van der Waals surface area contributed by atoms with Crippen LogP contribution in [0.15, 0.2) is 29.3 Å². The summed E-state index contributed by atoms with van der Waals surface area (Å²) in [5.74, 6) is 0.943. The fourth-order valence-corrected chi connectivity index (χ4v) is 4.78. The van der Waals surface area contributed by atoms with Crippen molar-refractivity contribution < 1.29 is 17.9 Å². The Morgan fingerprint density at radius 1 is 1.29 bits per heavy atom. The lowest BCUT2D eigenvalue weighted by molar-refractivity contribution is -0.119. The first kappa shape index (κ1) is 27.4. The van der Waals surface area contributed by atoms with Crippen LogP contribution in [0.5, 0.6) is 5.75 Å². The summed E-state index contributed by atoms with van der Waals surface area (Å²) < 4.78 is 31.4. The summed E-state index contributed by atoms with van der Waals surface area (Å²) >= 11 is 0. The number of primary amides is 1. The number of halogens is 1. The van der Waals surface area contributed by atoms with E-state index in [0.29, 0.717) is 37.8 Å². The van der Waals surface area contributed by atoms with Gasteiger partial charge >= 0.3 is 0 Å². The number of carbonyl (C=O) groups is 1. The van der Waals surface area contributed by atoms with E-state index in [2.05, 4.69) is 15.6 Å². The third-order valence-corrected chi connectivity index (χ3v) is 6.77. The van der Waals surface area contributed by atoms with Gasteiger partial charge in [-0.3, -0.25) is 4.79 Å². The maximum Gasteiger partial charge on any atom is 0.255 e.